The van der Waals surface area contributed by atoms with E-state index in [1.807, 2.05) is 6.08 Å². The molecule has 1 nitrogen and oxygen atoms in total. The molecular weight excluding hydrogens is 146 g/mol. The number of hydrogen-bond donors (Lipinski definition) is 1. The van der Waals surface area contributed by atoms with Gasteiger partial charge in [-0.25, -0.2) is 0 Å². The van der Waals surface area contributed by atoms with Crippen molar-refractivity contribution in [3.63, 3.8) is 0 Å². The predicted octanol–water partition coefficient (Wildman–Crippen LogP) is 2.78. The Hall–Kier alpha value is -0.980. The van der Waals surface area contributed by atoms with Crippen LogP contribution in [0.5, 0.6) is 0 Å². The van der Waals surface area contributed by atoms with Gasteiger partial charge in [-0.15, -0.1) is 0 Å². The van der Waals surface area contributed by atoms with Gasteiger partial charge >= 0.3 is 0 Å². The quantitative estimate of drug-likeness (QED) is 0.617. The lowest BCUT2D eigenvalue weighted by atomic mass is 10.1. The van der Waals surface area contributed by atoms with E-state index in [1.165, 1.54) is 30.5 Å². The van der Waals surface area contributed by atoms with Crippen LogP contribution >= 0.6 is 0 Å². The molecule has 0 unspecified atom stereocenters. The Morgan fingerprint density at radius 2 is 2.33 bits per heavy atom. The summed E-state index contributed by atoms with van der Waals surface area (Å²) in [6.45, 7) is 6.90. The second kappa shape index (κ2) is 4.81. The second-order valence-corrected chi connectivity index (χ2v) is 3.19. The van der Waals surface area contributed by atoms with E-state index in [4.69, 9.17) is 0 Å². The first-order chi connectivity index (χ1) is 5.83. The van der Waals surface area contributed by atoms with Crippen LogP contribution < -0.4 is 5.32 Å². The molecule has 0 spiro atoms. The van der Waals surface area contributed by atoms with Gasteiger partial charge in [0.25, 0.3) is 0 Å². The molecule has 1 fully saturated rings. The standard InChI is InChI=1S/C11H17N/c1-3-10(2)7-8-11-6-4-5-9-12-11/h3,7-8,12H,1,4-6,9H2,2H3/b10-7-,11-8+. The highest BCUT2D eigenvalue weighted by molar-refractivity contribution is 5.22. The van der Waals surface area contributed by atoms with Gasteiger partial charge in [-0.05, 0) is 32.3 Å². The molecule has 12 heavy (non-hydrogen) atoms. The van der Waals surface area contributed by atoms with Gasteiger partial charge in [-0.1, -0.05) is 24.3 Å². The molecule has 0 radical (unpaired) electrons. The zero-order chi connectivity index (χ0) is 8.81. The zero-order valence-electron chi connectivity index (χ0n) is 7.77. The van der Waals surface area contributed by atoms with E-state index in [2.05, 4.69) is 31.0 Å². The molecule has 0 aromatic carbocycles. The molecule has 0 saturated carbocycles. The first-order valence-corrected chi connectivity index (χ1v) is 4.56. The van der Waals surface area contributed by atoms with E-state index < -0.39 is 0 Å². The van der Waals surface area contributed by atoms with Gasteiger partial charge in [0.05, 0.1) is 0 Å². The Morgan fingerprint density at radius 3 is 2.92 bits per heavy atom. The number of hydrogen-bond acceptors (Lipinski definition) is 1. The third kappa shape index (κ3) is 2.95. The molecule has 1 heteroatoms. The molecule has 1 heterocycles. The van der Waals surface area contributed by atoms with Crippen LogP contribution in [-0.4, -0.2) is 6.54 Å². The van der Waals surface area contributed by atoms with Crippen molar-refractivity contribution in [2.24, 2.45) is 0 Å². The molecule has 0 aromatic rings. The van der Waals surface area contributed by atoms with E-state index in [1.54, 1.807) is 0 Å². The molecule has 1 aliphatic heterocycles. The lowest BCUT2D eigenvalue weighted by Crippen LogP contribution is -2.19. The molecular formula is C11H17N. The third-order valence-corrected chi connectivity index (χ3v) is 2.09. The number of rotatable bonds is 2. The van der Waals surface area contributed by atoms with E-state index in [0.29, 0.717) is 0 Å². The van der Waals surface area contributed by atoms with Crippen LogP contribution in [0.4, 0.5) is 0 Å². The van der Waals surface area contributed by atoms with Gasteiger partial charge in [0.15, 0.2) is 0 Å². The van der Waals surface area contributed by atoms with Crippen molar-refractivity contribution in [1.29, 1.82) is 0 Å². The van der Waals surface area contributed by atoms with Crippen molar-refractivity contribution in [2.75, 3.05) is 6.54 Å². The summed E-state index contributed by atoms with van der Waals surface area (Å²) in [5.41, 5.74) is 2.58. The average Bonchev–Trinajstić information content (AvgIpc) is 2.16. The van der Waals surface area contributed by atoms with Crippen molar-refractivity contribution < 1.29 is 0 Å². The molecule has 0 atom stereocenters. The summed E-state index contributed by atoms with van der Waals surface area (Å²) in [5.74, 6) is 0. The van der Waals surface area contributed by atoms with Crippen molar-refractivity contribution in [3.05, 3.63) is 36.1 Å². The summed E-state index contributed by atoms with van der Waals surface area (Å²) in [7, 11) is 0. The summed E-state index contributed by atoms with van der Waals surface area (Å²) < 4.78 is 0. The van der Waals surface area contributed by atoms with Crippen LogP contribution in [0.3, 0.4) is 0 Å². The van der Waals surface area contributed by atoms with Gasteiger partial charge in [0.2, 0.25) is 0 Å². The lowest BCUT2D eigenvalue weighted by Gasteiger charge is -2.15. The first-order valence-electron chi connectivity index (χ1n) is 4.56. The molecule has 0 amide bonds. The van der Waals surface area contributed by atoms with Crippen LogP contribution in [-0.2, 0) is 0 Å². The minimum atomic E-state index is 1.13. The maximum atomic E-state index is 3.71. The van der Waals surface area contributed by atoms with E-state index in [9.17, 15) is 0 Å². The van der Waals surface area contributed by atoms with Crippen LogP contribution in [0, 0.1) is 0 Å². The third-order valence-electron chi connectivity index (χ3n) is 2.09. The average molecular weight is 163 g/mol. The Labute approximate surface area is 74.9 Å². The summed E-state index contributed by atoms with van der Waals surface area (Å²) in [5, 5.41) is 3.38. The zero-order valence-corrected chi connectivity index (χ0v) is 7.77. The molecule has 0 aromatic heterocycles. The van der Waals surface area contributed by atoms with Gasteiger partial charge in [-0.3, -0.25) is 0 Å². The largest absolute Gasteiger partial charge is 0.388 e. The van der Waals surface area contributed by atoms with Gasteiger partial charge in [0.1, 0.15) is 0 Å². The van der Waals surface area contributed by atoms with E-state index in [-0.39, 0.29) is 0 Å². The normalized spacial score (nSPS) is 22.1. The topological polar surface area (TPSA) is 12.0 Å². The van der Waals surface area contributed by atoms with Gasteiger partial charge in [-0.2, -0.15) is 0 Å². The van der Waals surface area contributed by atoms with E-state index in [0.717, 1.165) is 6.54 Å². The smallest absolute Gasteiger partial charge is 0.0144 e. The van der Waals surface area contributed by atoms with Crippen LogP contribution in [0.25, 0.3) is 0 Å². The molecule has 0 bridgehead atoms. The first kappa shape index (κ1) is 9.11. The fourth-order valence-electron chi connectivity index (χ4n) is 1.22. The molecule has 66 valence electrons. The SMILES string of the molecule is C=C/C(C)=C\C=C1/CCCCN1. The molecule has 1 aliphatic rings. The highest BCUT2D eigenvalue weighted by atomic mass is 14.9. The Bertz CT molecular complexity index is 203. The Kier molecular flexibility index (Phi) is 3.65. The van der Waals surface area contributed by atoms with Gasteiger partial charge in [0, 0.05) is 12.2 Å². The van der Waals surface area contributed by atoms with Crippen molar-refractivity contribution in [3.8, 4) is 0 Å². The number of nitrogens with one attached hydrogen (secondary N) is 1. The summed E-state index contributed by atoms with van der Waals surface area (Å²) in [4.78, 5) is 0. The maximum Gasteiger partial charge on any atom is 0.0144 e. The van der Waals surface area contributed by atoms with Crippen LogP contribution in [0.2, 0.25) is 0 Å². The lowest BCUT2D eigenvalue weighted by molar-refractivity contribution is 0.588. The number of piperidine rings is 1. The van der Waals surface area contributed by atoms with Crippen LogP contribution in [0.15, 0.2) is 36.1 Å². The van der Waals surface area contributed by atoms with E-state index >= 15 is 0 Å². The Balaban J connectivity index is 2.49. The summed E-state index contributed by atoms with van der Waals surface area (Å²) in [6.07, 6.45) is 9.97. The summed E-state index contributed by atoms with van der Waals surface area (Å²) >= 11 is 0. The van der Waals surface area contributed by atoms with Gasteiger partial charge < -0.3 is 5.32 Å². The molecule has 1 N–H and O–H groups in total. The fourth-order valence-corrected chi connectivity index (χ4v) is 1.22. The summed E-state index contributed by atoms with van der Waals surface area (Å²) in [6, 6.07) is 0. The molecule has 1 saturated heterocycles. The second-order valence-electron chi connectivity index (χ2n) is 3.19. The highest BCUT2D eigenvalue weighted by Crippen LogP contribution is 2.10. The maximum absolute atomic E-state index is 3.71. The highest BCUT2D eigenvalue weighted by Gasteiger charge is 2.01. The Morgan fingerprint density at radius 1 is 1.50 bits per heavy atom. The fraction of sp³-hybridized carbons (Fsp3) is 0.455. The predicted molar refractivity (Wildman–Crippen MR) is 53.9 cm³/mol. The molecule has 0 aliphatic carbocycles. The molecule has 1 rings (SSSR count). The van der Waals surface area contributed by atoms with Crippen molar-refractivity contribution in [1.82, 2.24) is 5.32 Å². The monoisotopic (exact) mass is 163 g/mol. The van der Waals surface area contributed by atoms with Crippen molar-refractivity contribution >= 4 is 0 Å². The van der Waals surface area contributed by atoms with Crippen LogP contribution in [0.1, 0.15) is 26.2 Å². The number of allylic oxidation sites excluding steroid dienone is 5. The van der Waals surface area contributed by atoms with Crippen molar-refractivity contribution in [2.45, 2.75) is 26.2 Å². The minimum absolute atomic E-state index is 1.13. The minimum Gasteiger partial charge on any atom is -0.388 e.